The maximum Gasteiger partial charge on any atom is 0.164 e. The van der Waals surface area contributed by atoms with Crippen molar-refractivity contribution in [2.24, 2.45) is 0 Å². The number of rotatable bonds is 6. The van der Waals surface area contributed by atoms with Crippen LogP contribution in [0.25, 0.3) is 101 Å². The highest BCUT2D eigenvalue weighted by Gasteiger charge is 2.28. The molecule has 1 aliphatic rings. The third kappa shape index (κ3) is 5.52. The third-order valence-electron chi connectivity index (χ3n) is 11.3. The Bertz CT molecular complexity index is 3330. The van der Waals surface area contributed by atoms with Crippen molar-refractivity contribution in [2.45, 2.75) is 9.79 Å². The molecule has 12 rings (SSSR count). The predicted octanol–water partition coefficient (Wildman–Crippen LogP) is 13.7. The second-order valence-electron chi connectivity index (χ2n) is 14.9. The number of para-hydroxylation sites is 3. The van der Waals surface area contributed by atoms with Crippen molar-refractivity contribution in [2.75, 3.05) is 0 Å². The van der Waals surface area contributed by atoms with Crippen LogP contribution in [-0.4, -0.2) is 24.1 Å². The zero-order valence-corrected chi connectivity index (χ0v) is 32.5. The van der Waals surface area contributed by atoms with Gasteiger partial charge in [0, 0.05) is 48.3 Å². The van der Waals surface area contributed by atoms with Gasteiger partial charge in [0.1, 0.15) is 5.65 Å². The van der Waals surface area contributed by atoms with E-state index in [2.05, 4.69) is 191 Å². The van der Waals surface area contributed by atoms with Crippen LogP contribution in [0.4, 0.5) is 0 Å². The van der Waals surface area contributed by atoms with E-state index in [1.54, 1.807) is 0 Å². The van der Waals surface area contributed by atoms with Gasteiger partial charge in [0.05, 0.1) is 16.7 Å². The van der Waals surface area contributed by atoms with E-state index in [0.717, 1.165) is 60.9 Å². The third-order valence-corrected chi connectivity index (χ3v) is 12.4. The Morgan fingerprint density at radius 3 is 1.58 bits per heavy atom. The topological polar surface area (TPSA) is 48.5 Å². The smallest absolute Gasteiger partial charge is 0.164 e. The molecule has 0 spiro atoms. The van der Waals surface area contributed by atoms with E-state index in [1.807, 2.05) is 30.0 Å². The lowest BCUT2D eigenvalue weighted by Crippen LogP contribution is -2.06. The molecule has 6 heteroatoms. The summed E-state index contributed by atoms with van der Waals surface area (Å²) in [5, 5.41) is 3.77. The lowest BCUT2D eigenvalue weighted by molar-refractivity contribution is 1.02. The van der Waals surface area contributed by atoms with Crippen LogP contribution in [0, 0.1) is 0 Å². The highest BCUT2D eigenvalue weighted by atomic mass is 32.2. The molecular weight excluding hydrogens is 739 g/mol. The Balaban J connectivity index is 1.07. The molecule has 0 saturated heterocycles. The molecule has 0 saturated carbocycles. The Morgan fingerprint density at radius 1 is 0.356 bits per heavy atom. The van der Waals surface area contributed by atoms with E-state index < -0.39 is 0 Å². The molecule has 59 heavy (non-hydrogen) atoms. The minimum atomic E-state index is 0.626. The van der Waals surface area contributed by atoms with Crippen molar-refractivity contribution in [1.29, 1.82) is 0 Å². The maximum absolute atomic E-state index is 5.28. The normalized spacial score (nSPS) is 12.0. The van der Waals surface area contributed by atoms with E-state index >= 15 is 0 Å². The van der Waals surface area contributed by atoms with Crippen LogP contribution in [0.3, 0.4) is 0 Å². The summed E-state index contributed by atoms with van der Waals surface area (Å²) in [4.78, 5) is 18.0. The Labute approximate surface area is 344 Å². The van der Waals surface area contributed by atoms with Gasteiger partial charge < -0.3 is 0 Å². The standard InChI is InChI=1S/C53H33N5S/c1-5-16-34(17-6-1)38-30-39(35-18-7-2-8-19-35)32-40(31-38)52-55-50(36-20-9-3-10-21-36)54-51(56-52)37-28-29-45-47(33-37)59-46-27-15-25-43-48-42-24-13-14-26-44(42)57(41-22-11-4-12-23-41)53(48)58(45)49(43)46/h1-33H. The van der Waals surface area contributed by atoms with E-state index in [9.17, 15) is 0 Å². The molecule has 0 bridgehead atoms. The zero-order valence-electron chi connectivity index (χ0n) is 31.7. The molecule has 0 radical (unpaired) electrons. The van der Waals surface area contributed by atoms with Crippen molar-refractivity contribution < 1.29 is 0 Å². The first kappa shape index (κ1) is 33.6. The molecule has 8 aromatic carbocycles. The molecule has 4 heterocycles. The fourth-order valence-electron chi connectivity index (χ4n) is 8.66. The van der Waals surface area contributed by atoms with Gasteiger partial charge in [-0.2, -0.15) is 0 Å². The van der Waals surface area contributed by atoms with Crippen LogP contribution in [-0.2, 0) is 0 Å². The monoisotopic (exact) mass is 771 g/mol. The minimum Gasteiger partial charge on any atom is -0.295 e. The molecule has 0 unspecified atom stereocenters. The number of fused-ring (bicyclic) bond motifs is 7. The van der Waals surface area contributed by atoms with Gasteiger partial charge in [-0.05, 0) is 82.9 Å². The average molecular weight is 772 g/mol. The van der Waals surface area contributed by atoms with E-state index in [4.69, 9.17) is 15.0 Å². The number of hydrogen-bond acceptors (Lipinski definition) is 4. The predicted molar refractivity (Wildman–Crippen MR) is 242 cm³/mol. The maximum atomic E-state index is 5.28. The van der Waals surface area contributed by atoms with Gasteiger partial charge in [0.15, 0.2) is 17.5 Å². The number of aromatic nitrogens is 5. The fourth-order valence-corrected chi connectivity index (χ4v) is 9.79. The second kappa shape index (κ2) is 13.5. The summed E-state index contributed by atoms with van der Waals surface area (Å²) < 4.78 is 4.89. The number of hydrogen-bond donors (Lipinski definition) is 0. The van der Waals surface area contributed by atoms with Gasteiger partial charge in [-0.3, -0.25) is 9.13 Å². The van der Waals surface area contributed by atoms with Gasteiger partial charge in [0.2, 0.25) is 0 Å². The lowest BCUT2D eigenvalue weighted by atomic mass is 9.96. The van der Waals surface area contributed by atoms with Crippen LogP contribution >= 0.6 is 11.8 Å². The summed E-state index contributed by atoms with van der Waals surface area (Å²) in [5.41, 5.74) is 13.1. The molecule has 1 aliphatic heterocycles. The first-order chi connectivity index (χ1) is 29.2. The Hall–Kier alpha value is -7.54. The van der Waals surface area contributed by atoms with Crippen LogP contribution in [0.2, 0.25) is 0 Å². The van der Waals surface area contributed by atoms with Crippen molar-refractivity contribution in [3.05, 3.63) is 200 Å². The summed E-state index contributed by atoms with van der Waals surface area (Å²) in [5.74, 6) is 1.89. The van der Waals surface area contributed by atoms with Gasteiger partial charge in [-0.25, -0.2) is 15.0 Å². The Morgan fingerprint density at radius 2 is 0.898 bits per heavy atom. The summed E-state index contributed by atoms with van der Waals surface area (Å²) >= 11 is 1.81. The highest BCUT2D eigenvalue weighted by Crippen LogP contribution is 2.50. The van der Waals surface area contributed by atoms with Gasteiger partial charge in [-0.1, -0.05) is 151 Å². The summed E-state index contributed by atoms with van der Waals surface area (Å²) in [6.07, 6.45) is 0. The molecule has 0 fully saturated rings. The molecule has 0 atom stereocenters. The lowest BCUT2D eigenvalue weighted by Gasteiger charge is -2.22. The minimum absolute atomic E-state index is 0.626. The Kier molecular flexibility index (Phi) is 7.71. The van der Waals surface area contributed by atoms with Gasteiger partial charge >= 0.3 is 0 Å². The van der Waals surface area contributed by atoms with Gasteiger partial charge in [-0.15, -0.1) is 0 Å². The highest BCUT2D eigenvalue weighted by molar-refractivity contribution is 7.99. The molecule has 11 aromatic rings. The molecule has 3 aromatic heterocycles. The quantitative estimate of drug-likeness (QED) is 0.169. The molecular formula is C53H33N5S. The van der Waals surface area contributed by atoms with Crippen LogP contribution in [0.1, 0.15) is 0 Å². The largest absolute Gasteiger partial charge is 0.295 e. The zero-order chi connectivity index (χ0) is 38.9. The van der Waals surface area contributed by atoms with E-state index in [-0.39, 0.29) is 0 Å². The van der Waals surface area contributed by atoms with Crippen LogP contribution in [0.5, 0.6) is 0 Å². The first-order valence-electron chi connectivity index (χ1n) is 19.8. The molecule has 276 valence electrons. The molecule has 5 nitrogen and oxygen atoms in total. The van der Waals surface area contributed by atoms with Crippen LogP contribution < -0.4 is 0 Å². The average Bonchev–Trinajstić information content (AvgIpc) is 3.84. The summed E-state index contributed by atoms with van der Waals surface area (Å²) in [6, 6.07) is 70.7. The van der Waals surface area contributed by atoms with Crippen molar-refractivity contribution in [1.82, 2.24) is 24.1 Å². The first-order valence-corrected chi connectivity index (χ1v) is 20.6. The summed E-state index contributed by atoms with van der Waals surface area (Å²) in [7, 11) is 0. The van der Waals surface area contributed by atoms with Crippen molar-refractivity contribution in [3.8, 4) is 67.8 Å². The number of nitrogens with zero attached hydrogens (tertiary/aromatic N) is 5. The van der Waals surface area contributed by atoms with Crippen molar-refractivity contribution in [3.63, 3.8) is 0 Å². The molecule has 0 aliphatic carbocycles. The van der Waals surface area contributed by atoms with Crippen molar-refractivity contribution >= 4 is 44.6 Å². The summed E-state index contributed by atoms with van der Waals surface area (Å²) in [6.45, 7) is 0. The van der Waals surface area contributed by atoms with E-state index in [0.29, 0.717) is 17.5 Å². The second-order valence-corrected chi connectivity index (χ2v) is 15.9. The van der Waals surface area contributed by atoms with Crippen LogP contribution in [0.15, 0.2) is 210 Å². The van der Waals surface area contributed by atoms with E-state index in [1.165, 1.54) is 32.1 Å². The number of benzene rings is 8. The van der Waals surface area contributed by atoms with Gasteiger partial charge in [0.25, 0.3) is 0 Å². The molecule has 0 amide bonds. The molecule has 0 N–H and O–H groups in total. The fraction of sp³-hybridized carbons (Fsp3) is 0. The SMILES string of the molecule is c1ccc(-c2cc(-c3ccccc3)cc(-c3nc(-c4ccccc4)nc(-c4ccc5c(c4)Sc4cccc6c7c8ccccc8n(-c8ccccc8)c7n-5c46)n3)c2)cc1.